The van der Waals surface area contributed by atoms with Crippen LogP contribution in [0.2, 0.25) is 0 Å². The van der Waals surface area contributed by atoms with Crippen LogP contribution in [-0.2, 0) is 0 Å². The van der Waals surface area contributed by atoms with Crippen LogP contribution in [0.4, 0.5) is 5.95 Å². The second-order valence-corrected chi connectivity index (χ2v) is 5.56. The normalized spacial score (nSPS) is 25.5. The van der Waals surface area contributed by atoms with Gasteiger partial charge in [0.2, 0.25) is 11.7 Å². The van der Waals surface area contributed by atoms with E-state index in [0.717, 1.165) is 0 Å². The number of para-hydroxylation sites is 1. The topological polar surface area (TPSA) is 125 Å². The van der Waals surface area contributed by atoms with Crippen molar-refractivity contribution >= 4 is 5.95 Å². The lowest BCUT2D eigenvalue weighted by Crippen LogP contribution is -2.58. The molecule has 1 aliphatic rings. The Morgan fingerprint density at radius 3 is 2.79 bits per heavy atom. The summed E-state index contributed by atoms with van der Waals surface area (Å²) in [6.07, 6.45) is 1.26. The number of rotatable bonds is 4. The zero-order valence-electron chi connectivity index (χ0n) is 13.3. The molecule has 2 heterocycles. The van der Waals surface area contributed by atoms with E-state index in [-0.39, 0.29) is 5.95 Å². The van der Waals surface area contributed by atoms with E-state index in [0.29, 0.717) is 17.1 Å². The third-order valence-corrected chi connectivity index (χ3v) is 4.06. The van der Waals surface area contributed by atoms with E-state index in [1.54, 1.807) is 18.2 Å². The van der Waals surface area contributed by atoms with E-state index in [2.05, 4.69) is 15.4 Å². The van der Waals surface area contributed by atoms with Crippen molar-refractivity contribution in [1.82, 2.24) is 14.8 Å². The fourth-order valence-corrected chi connectivity index (χ4v) is 3.05. The number of fused-ring (bicyclic) bond motifs is 1. The van der Waals surface area contributed by atoms with Gasteiger partial charge in [-0.1, -0.05) is 12.1 Å². The van der Waals surface area contributed by atoms with Gasteiger partial charge in [-0.15, -0.1) is 0 Å². The maximum Gasteiger partial charge on any atom is 0.285 e. The van der Waals surface area contributed by atoms with E-state index in [1.165, 1.54) is 32.2 Å². The molecule has 3 rings (SSSR count). The van der Waals surface area contributed by atoms with Gasteiger partial charge in [-0.3, -0.25) is 10.1 Å². The average molecular weight is 335 g/mol. The molecule has 0 saturated heterocycles. The van der Waals surface area contributed by atoms with Crippen molar-refractivity contribution in [3.63, 3.8) is 0 Å². The van der Waals surface area contributed by atoms with Crippen molar-refractivity contribution < 1.29 is 19.5 Å². The standard InChI is InChI=1S/C14H17N5O5/c1-14(20)12(19(21)22)10(18-13(17-14)15-7-16-18)8-5-4-6-9(23-2)11(8)24-3/h4-7,10,12,20H,1-3H3,(H,15,16,17). The van der Waals surface area contributed by atoms with E-state index in [1.807, 2.05) is 0 Å². The predicted octanol–water partition coefficient (Wildman–Crippen LogP) is 0.664. The number of anilines is 1. The van der Waals surface area contributed by atoms with Crippen molar-refractivity contribution in [3.05, 3.63) is 40.2 Å². The Kier molecular flexibility index (Phi) is 3.76. The fourth-order valence-electron chi connectivity index (χ4n) is 3.05. The molecule has 0 spiro atoms. The van der Waals surface area contributed by atoms with Gasteiger partial charge in [-0.25, -0.2) is 4.68 Å². The van der Waals surface area contributed by atoms with Crippen LogP contribution in [0.3, 0.4) is 0 Å². The number of aromatic nitrogens is 3. The first kappa shape index (κ1) is 16.0. The summed E-state index contributed by atoms with van der Waals surface area (Å²) in [5, 5.41) is 29.0. The van der Waals surface area contributed by atoms with Crippen molar-refractivity contribution in [2.24, 2.45) is 0 Å². The molecule has 128 valence electrons. The zero-order valence-corrected chi connectivity index (χ0v) is 13.3. The molecule has 1 aliphatic heterocycles. The molecule has 2 N–H and O–H groups in total. The zero-order chi connectivity index (χ0) is 17.5. The molecule has 3 atom stereocenters. The number of nitro groups is 1. The minimum Gasteiger partial charge on any atom is -0.493 e. The summed E-state index contributed by atoms with van der Waals surface area (Å²) in [7, 11) is 2.93. The molecule has 1 aromatic heterocycles. The summed E-state index contributed by atoms with van der Waals surface area (Å²) >= 11 is 0. The molecule has 0 saturated carbocycles. The van der Waals surface area contributed by atoms with Crippen LogP contribution < -0.4 is 14.8 Å². The minimum absolute atomic E-state index is 0.230. The predicted molar refractivity (Wildman–Crippen MR) is 82.7 cm³/mol. The maximum atomic E-state index is 11.7. The molecule has 24 heavy (non-hydrogen) atoms. The van der Waals surface area contributed by atoms with Crippen LogP contribution in [0.1, 0.15) is 18.5 Å². The monoisotopic (exact) mass is 335 g/mol. The maximum absolute atomic E-state index is 11.7. The van der Waals surface area contributed by atoms with Gasteiger partial charge in [-0.05, 0) is 13.0 Å². The smallest absolute Gasteiger partial charge is 0.285 e. The van der Waals surface area contributed by atoms with Crippen LogP contribution in [0.5, 0.6) is 11.5 Å². The summed E-state index contributed by atoms with van der Waals surface area (Å²) < 4.78 is 12.0. The molecule has 0 fully saturated rings. The van der Waals surface area contributed by atoms with Gasteiger partial charge in [0.1, 0.15) is 6.33 Å². The minimum atomic E-state index is -1.83. The number of methoxy groups -OCH3 is 2. The number of ether oxygens (including phenoxy) is 2. The Morgan fingerprint density at radius 2 is 2.17 bits per heavy atom. The highest BCUT2D eigenvalue weighted by Crippen LogP contribution is 2.43. The van der Waals surface area contributed by atoms with E-state index < -0.39 is 22.7 Å². The Labute approximate surface area is 137 Å². The van der Waals surface area contributed by atoms with Gasteiger partial charge in [0.15, 0.2) is 17.5 Å². The lowest BCUT2D eigenvalue weighted by atomic mass is 9.90. The molecule has 0 radical (unpaired) electrons. The Morgan fingerprint density at radius 1 is 1.42 bits per heavy atom. The van der Waals surface area contributed by atoms with Gasteiger partial charge in [-0.2, -0.15) is 10.1 Å². The van der Waals surface area contributed by atoms with Gasteiger partial charge in [0.05, 0.1) is 14.2 Å². The largest absolute Gasteiger partial charge is 0.493 e. The summed E-state index contributed by atoms with van der Waals surface area (Å²) in [4.78, 5) is 15.2. The van der Waals surface area contributed by atoms with Crippen LogP contribution in [-0.4, -0.2) is 50.8 Å². The second kappa shape index (κ2) is 5.64. The SMILES string of the molecule is COc1cccc(C2C([N+](=O)[O-])C(C)(O)Nc3ncnn32)c1OC. The summed E-state index contributed by atoms with van der Waals surface area (Å²) in [5.41, 5.74) is -1.36. The highest BCUT2D eigenvalue weighted by molar-refractivity contribution is 5.50. The quantitative estimate of drug-likeness (QED) is 0.617. The first-order valence-electron chi connectivity index (χ1n) is 7.15. The number of nitrogens with zero attached hydrogens (tertiary/aromatic N) is 4. The number of nitrogens with one attached hydrogen (secondary N) is 1. The third-order valence-electron chi connectivity index (χ3n) is 4.06. The van der Waals surface area contributed by atoms with Crippen LogP contribution in [0.25, 0.3) is 0 Å². The molecular weight excluding hydrogens is 318 g/mol. The van der Waals surface area contributed by atoms with Gasteiger partial charge >= 0.3 is 0 Å². The summed E-state index contributed by atoms with van der Waals surface area (Å²) in [6, 6.07) is 2.70. The number of aliphatic hydroxyl groups is 1. The first-order valence-corrected chi connectivity index (χ1v) is 7.15. The highest BCUT2D eigenvalue weighted by Gasteiger charge is 2.54. The highest BCUT2D eigenvalue weighted by atomic mass is 16.6. The van der Waals surface area contributed by atoms with E-state index >= 15 is 0 Å². The molecule has 0 amide bonds. The molecule has 10 heteroatoms. The van der Waals surface area contributed by atoms with E-state index in [4.69, 9.17) is 9.47 Å². The lowest BCUT2D eigenvalue weighted by Gasteiger charge is -2.38. The molecule has 0 bridgehead atoms. The second-order valence-electron chi connectivity index (χ2n) is 5.56. The van der Waals surface area contributed by atoms with Crippen molar-refractivity contribution in [1.29, 1.82) is 0 Å². The number of hydrogen-bond donors (Lipinski definition) is 2. The van der Waals surface area contributed by atoms with Gasteiger partial charge in [0.25, 0.3) is 6.04 Å². The van der Waals surface area contributed by atoms with Crippen LogP contribution in [0, 0.1) is 10.1 Å². The molecule has 3 unspecified atom stereocenters. The van der Waals surface area contributed by atoms with Gasteiger partial charge in [0, 0.05) is 10.5 Å². The number of hydrogen-bond acceptors (Lipinski definition) is 8. The van der Waals surface area contributed by atoms with Crippen molar-refractivity contribution in [2.75, 3.05) is 19.5 Å². The third kappa shape index (κ3) is 2.31. The average Bonchev–Trinajstić information content (AvgIpc) is 2.98. The Hall–Kier alpha value is -2.88. The summed E-state index contributed by atoms with van der Waals surface area (Å²) in [5.74, 6) is 1.00. The van der Waals surface area contributed by atoms with Crippen LogP contribution >= 0.6 is 0 Å². The fraction of sp³-hybridized carbons (Fsp3) is 0.429. The molecule has 2 aromatic rings. The Bertz CT molecular complexity index is 775. The molecule has 1 aromatic carbocycles. The molecule has 10 nitrogen and oxygen atoms in total. The Balaban J connectivity index is 2.26. The first-order chi connectivity index (χ1) is 11.4. The van der Waals surface area contributed by atoms with Crippen molar-refractivity contribution in [3.8, 4) is 11.5 Å². The van der Waals surface area contributed by atoms with Crippen LogP contribution in [0.15, 0.2) is 24.5 Å². The number of benzene rings is 1. The van der Waals surface area contributed by atoms with E-state index in [9.17, 15) is 15.2 Å². The molecular formula is C14H17N5O5. The summed E-state index contributed by atoms with van der Waals surface area (Å²) in [6.45, 7) is 1.33. The van der Waals surface area contributed by atoms with Crippen molar-refractivity contribution in [2.45, 2.75) is 24.7 Å². The van der Waals surface area contributed by atoms with Gasteiger partial charge < -0.3 is 19.9 Å². The molecule has 0 aliphatic carbocycles. The lowest BCUT2D eigenvalue weighted by molar-refractivity contribution is -0.549.